The molecule has 1 atom stereocenters. The normalized spacial score (nSPS) is 18.5. The third kappa shape index (κ3) is 3.69. The van der Waals surface area contributed by atoms with Gasteiger partial charge in [-0.1, -0.05) is 6.07 Å². The van der Waals surface area contributed by atoms with Gasteiger partial charge in [0.25, 0.3) is 0 Å². The van der Waals surface area contributed by atoms with Gasteiger partial charge in [-0.15, -0.1) is 11.3 Å². The molecule has 6 heteroatoms. The number of carbonyl (C=O) groups is 1. The Balaban J connectivity index is 1.65. The van der Waals surface area contributed by atoms with Crippen molar-refractivity contribution < 1.29 is 4.79 Å². The first kappa shape index (κ1) is 15.1. The number of nitrogens with zero attached hydrogens (tertiary/aromatic N) is 3. The predicted octanol–water partition coefficient (Wildman–Crippen LogP) is 2.51. The van der Waals surface area contributed by atoms with Crippen molar-refractivity contribution in [3.05, 3.63) is 46.2 Å². The third-order valence-corrected chi connectivity index (χ3v) is 4.68. The summed E-state index contributed by atoms with van der Waals surface area (Å²) in [5.41, 5.74) is 2.14. The molecule has 5 nitrogen and oxygen atoms in total. The molecule has 1 N–H and O–H groups in total. The van der Waals surface area contributed by atoms with Crippen molar-refractivity contribution >= 4 is 17.2 Å². The number of aromatic nitrogens is 2. The summed E-state index contributed by atoms with van der Waals surface area (Å²) in [5, 5.41) is 5.98. The highest BCUT2D eigenvalue weighted by atomic mass is 32.1. The summed E-state index contributed by atoms with van der Waals surface area (Å²) in [6.07, 6.45) is 6.07. The summed E-state index contributed by atoms with van der Waals surface area (Å²) in [6, 6.07) is 4.51. The van der Waals surface area contributed by atoms with Crippen molar-refractivity contribution in [1.29, 1.82) is 0 Å². The number of carbonyl (C=O) groups excluding carboxylic acids is 1. The molecular weight excluding hydrogens is 296 g/mol. The first-order valence-electron chi connectivity index (χ1n) is 7.54. The molecule has 0 bridgehead atoms. The third-order valence-electron chi connectivity index (χ3n) is 3.92. The van der Waals surface area contributed by atoms with Gasteiger partial charge in [-0.25, -0.2) is 4.98 Å². The van der Waals surface area contributed by atoms with E-state index in [1.807, 2.05) is 17.8 Å². The van der Waals surface area contributed by atoms with E-state index in [4.69, 9.17) is 0 Å². The van der Waals surface area contributed by atoms with Gasteiger partial charge < -0.3 is 5.32 Å². The van der Waals surface area contributed by atoms with Crippen LogP contribution in [0.1, 0.15) is 42.1 Å². The molecular formula is C16H20N4OS. The van der Waals surface area contributed by atoms with Crippen LogP contribution in [-0.2, 0) is 17.9 Å². The zero-order valence-corrected chi connectivity index (χ0v) is 13.5. The minimum Gasteiger partial charge on any atom is -0.352 e. The monoisotopic (exact) mass is 316 g/mol. The summed E-state index contributed by atoms with van der Waals surface area (Å²) < 4.78 is 0. The quantitative estimate of drug-likeness (QED) is 0.921. The van der Waals surface area contributed by atoms with Crippen molar-refractivity contribution in [2.45, 2.75) is 38.9 Å². The summed E-state index contributed by atoms with van der Waals surface area (Å²) in [7, 11) is 0. The Hall–Kier alpha value is -1.79. The van der Waals surface area contributed by atoms with Crippen molar-refractivity contribution in [2.75, 3.05) is 6.54 Å². The first-order valence-corrected chi connectivity index (χ1v) is 8.42. The average Bonchev–Trinajstić information content (AvgIpc) is 3.18. The van der Waals surface area contributed by atoms with Gasteiger partial charge in [-0.2, -0.15) is 0 Å². The molecule has 2 aromatic heterocycles. The van der Waals surface area contributed by atoms with Crippen LogP contribution in [0.5, 0.6) is 0 Å². The molecule has 22 heavy (non-hydrogen) atoms. The highest BCUT2D eigenvalue weighted by Gasteiger charge is 2.27. The van der Waals surface area contributed by atoms with Gasteiger partial charge in [0, 0.05) is 31.2 Å². The van der Waals surface area contributed by atoms with Crippen LogP contribution < -0.4 is 5.32 Å². The Kier molecular flexibility index (Phi) is 4.80. The molecule has 0 saturated carbocycles. The van der Waals surface area contributed by atoms with Crippen LogP contribution in [0.15, 0.2) is 29.9 Å². The molecule has 1 fully saturated rings. The second-order valence-electron chi connectivity index (χ2n) is 5.56. The Morgan fingerprint density at radius 3 is 3.05 bits per heavy atom. The predicted molar refractivity (Wildman–Crippen MR) is 86.3 cm³/mol. The fourth-order valence-electron chi connectivity index (χ4n) is 2.82. The van der Waals surface area contributed by atoms with E-state index in [-0.39, 0.29) is 5.91 Å². The number of likely N-dealkylation sites (tertiary alicyclic amines) is 1. The number of hydrogen-bond donors (Lipinski definition) is 1. The average molecular weight is 316 g/mol. The van der Waals surface area contributed by atoms with E-state index in [0.29, 0.717) is 12.6 Å². The Bertz CT molecular complexity index is 612. The van der Waals surface area contributed by atoms with E-state index >= 15 is 0 Å². The second kappa shape index (κ2) is 6.98. The molecule has 1 aliphatic rings. The maximum absolute atomic E-state index is 10.9. The summed E-state index contributed by atoms with van der Waals surface area (Å²) >= 11 is 1.71. The minimum absolute atomic E-state index is 0.0190. The van der Waals surface area contributed by atoms with Crippen molar-refractivity contribution in [2.24, 2.45) is 0 Å². The molecule has 1 amide bonds. The fraction of sp³-hybridized carbons (Fsp3) is 0.438. The van der Waals surface area contributed by atoms with Crippen LogP contribution >= 0.6 is 11.3 Å². The van der Waals surface area contributed by atoms with Crippen LogP contribution in [0.4, 0.5) is 0 Å². The number of nitrogens with one attached hydrogen (secondary N) is 1. The van der Waals surface area contributed by atoms with E-state index < -0.39 is 0 Å². The lowest BCUT2D eigenvalue weighted by atomic mass is 10.1. The van der Waals surface area contributed by atoms with Crippen LogP contribution in [0.2, 0.25) is 0 Å². The molecule has 1 aliphatic heterocycles. The number of thiazole rings is 1. The summed E-state index contributed by atoms with van der Waals surface area (Å²) in [4.78, 5) is 22.4. The largest absolute Gasteiger partial charge is 0.352 e. The van der Waals surface area contributed by atoms with Crippen molar-refractivity contribution in [3.63, 3.8) is 0 Å². The Morgan fingerprint density at radius 1 is 1.45 bits per heavy atom. The standard InChI is InChI=1S/C16H20N4OS/c1-12(21)18-9-13-4-5-14(19-10-13)15-3-2-7-20(15)11-16-17-6-8-22-16/h4-6,8,10,15H,2-3,7,9,11H2,1H3,(H,18,21). The highest BCUT2D eigenvalue weighted by molar-refractivity contribution is 7.09. The van der Waals surface area contributed by atoms with Gasteiger partial charge in [-0.05, 0) is 31.0 Å². The Labute approximate surface area is 134 Å². The van der Waals surface area contributed by atoms with Crippen LogP contribution in [0, 0.1) is 0 Å². The second-order valence-corrected chi connectivity index (χ2v) is 6.53. The van der Waals surface area contributed by atoms with Crippen molar-refractivity contribution in [1.82, 2.24) is 20.2 Å². The van der Waals surface area contributed by atoms with Gasteiger partial charge in [-0.3, -0.25) is 14.7 Å². The zero-order valence-electron chi connectivity index (χ0n) is 12.7. The van der Waals surface area contributed by atoms with Gasteiger partial charge in [0.15, 0.2) is 0 Å². The van der Waals surface area contributed by atoms with Gasteiger partial charge in [0.1, 0.15) is 5.01 Å². The molecule has 0 aromatic carbocycles. The molecule has 0 spiro atoms. The van der Waals surface area contributed by atoms with E-state index in [0.717, 1.165) is 35.8 Å². The van der Waals surface area contributed by atoms with Gasteiger partial charge in [0.2, 0.25) is 5.91 Å². The maximum atomic E-state index is 10.9. The molecule has 3 rings (SSSR count). The Morgan fingerprint density at radius 2 is 2.36 bits per heavy atom. The molecule has 116 valence electrons. The lowest BCUT2D eigenvalue weighted by Gasteiger charge is -2.23. The van der Waals surface area contributed by atoms with Gasteiger partial charge >= 0.3 is 0 Å². The van der Waals surface area contributed by atoms with Gasteiger partial charge in [0.05, 0.1) is 18.3 Å². The summed E-state index contributed by atoms with van der Waals surface area (Å²) in [6.45, 7) is 4.06. The molecule has 2 aromatic rings. The lowest BCUT2D eigenvalue weighted by Crippen LogP contribution is -2.23. The smallest absolute Gasteiger partial charge is 0.217 e. The van der Waals surface area contributed by atoms with E-state index in [1.54, 1.807) is 11.3 Å². The molecule has 1 saturated heterocycles. The van der Waals surface area contributed by atoms with Crippen molar-refractivity contribution in [3.8, 4) is 0 Å². The highest BCUT2D eigenvalue weighted by Crippen LogP contribution is 2.32. The molecule has 1 unspecified atom stereocenters. The number of amides is 1. The number of rotatable bonds is 5. The topological polar surface area (TPSA) is 58.1 Å². The number of hydrogen-bond acceptors (Lipinski definition) is 5. The molecule has 3 heterocycles. The van der Waals surface area contributed by atoms with Crippen LogP contribution in [-0.4, -0.2) is 27.3 Å². The molecule has 0 radical (unpaired) electrons. The minimum atomic E-state index is -0.0190. The fourth-order valence-corrected chi connectivity index (χ4v) is 3.46. The van der Waals surface area contributed by atoms with E-state index in [1.165, 1.54) is 13.3 Å². The van der Waals surface area contributed by atoms with Crippen LogP contribution in [0.25, 0.3) is 0 Å². The van der Waals surface area contributed by atoms with E-state index in [2.05, 4.69) is 32.3 Å². The maximum Gasteiger partial charge on any atom is 0.217 e. The summed E-state index contributed by atoms with van der Waals surface area (Å²) in [5.74, 6) is -0.0190. The molecule has 0 aliphatic carbocycles. The van der Waals surface area contributed by atoms with Crippen LogP contribution in [0.3, 0.4) is 0 Å². The SMILES string of the molecule is CC(=O)NCc1ccc(C2CCCN2Cc2nccs2)nc1. The number of pyridine rings is 1. The zero-order chi connectivity index (χ0) is 15.4. The lowest BCUT2D eigenvalue weighted by molar-refractivity contribution is -0.119. The first-order chi connectivity index (χ1) is 10.7. The van der Waals surface area contributed by atoms with E-state index in [9.17, 15) is 4.79 Å².